The third kappa shape index (κ3) is 4.34. The van der Waals surface area contributed by atoms with E-state index in [0.717, 1.165) is 19.2 Å². The smallest absolute Gasteiger partial charge is 0.420 e. The van der Waals surface area contributed by atoms with Crippen molar-refractivity contribution in [3.8, 4) is 11.8 Å². The SMILES string of the molecule is N#Cc1ccc(OCCN2CCOCC2)c(C(F)(F)F)c1. The zero-order chi connectivity index (χ0) is 15.3. The summed E-state index contributed by atoms with van der Waals surface area (Å²) < 4.78 is 49.2. The number of nitrogens with zero attached hydrogens (tertiary/aromatic N) is 2. The Kier molecular flexibility index (Phi) is 5.04. The fraction of sp³-hybridized carbons (Fsp3) is 0.500. The van der Waals surface area contributed by atoms with E-state index >= 15 is 0 Å². The lowest BCUT2D eigenvalue weighted by Crippen LogP contribution is -2.38. The average Bonchev–Trinajstić information content (AvgIpc) is 2.47. The Labute approximate surface area is 120 Å². The van der Waals surface area contributed by atoms with Crippen molar-refractivity contribution in [2.45, 2.75) is 6.18 Å². The maximum Gasteiger partial charge on any atom is 0.420 e. The zero-order valence-corrected chi connectivity index (χ0v) is 11.3. The molecule has 0 N–H and O–H groups in total. The van der Waals surface area contributed by atoms with Crippen LogP contribution in [0.3, 0.4) is 0 Å². The largest absolute Gasteiger partial charge is 0.492 e. The van der Waals surface area contributed by atoms with Crippen molar-refractivity contribution in [1.82, 2.24) is 4.90 Å². The van der Waals surface area contributed by atoms with E-state index in [1.807, 2.05) is 0 Å². The number of morpholine rings is 1. The minimum absolute atomic E-state index is 0.0390. The molecule has 1 saturated heterocycles. The van der Waals surface area contributed by atoms with Crippen molar-refractivity contribution in [2.75, 3.05) is 39.5 Å². The maximum atomic E-state index is 12.9. The van der Waals surface area contributed by atoms with Gasteiger partial charge in [0.2, 0.25) is 0 Å². The van der Waals surface area contributed by atoms with Crippen molar-refractivity contribution < 1.29 is 22.6 Å². The summed E-state index contributed by atoms with van der Waals surface area (Å²) >= 11 is 0. The molecular formula is C14H15F3N2O2. The minimum Gasteiger partial charge on any atom is -0.492 e. The Hall–Kier alpha value is -1.78. The van der Waals surface area contributed by atoms with Gasteiger partial charge in [-0.1, -0.05) is 0 Å². The molecular weight excluding hydrogens is 285 g/mol. The molecule has 1 aromatic carbocycles. The van der Waals surface area contributed by atoms with E-state index in [1.165, 1.54) is 12.1 Å². The molecule has 0 atom stereocenters. The molecule has 1 aromatic rings. The molecule has 0 spiro atoms. The van der Waals surface area contributed by atoms with E-state index in [0.29, 0.717) is 19.8 Å². The first-order valence-corrected chi connectivity index (χ1v) is 6.55. The summed E-state index contributed by atoms with van der Waals surface area (Å²) in [4.78, 5) is 2.07. The molecule has 0 unspecified atom stereocenters. The van der Waals surface area contributed by atoms with E-state index in [1.54, 1.807) is 6.07 Å². The lowest BCUT2D eigenvalue weighted by molar-refractivity contribution is -0.139. The number of halogens is 3. The Morgan fingerprint density at radius 1 is 1.29 bits per heavy atom. The van der Waals surface area contributed by atoms with E-state index in [9.17, 15) is 13.2 Å². The molecule has 2 rings (SSSR count). The zero-order valence-electron chi connectivity index (χ0n) is 11.3. The molecule has 1 aliphatic heterocycles. The number of alkyl halides is 3. The van der Waals surface area contributed by atoms with E-state index in [4.69, 9.17) is 14.7 Å². The van der Waals surface area contributed by atoms with Gasteiger partial charge in [0.05, 0.1) is 30.4 Å². The van der Waals surface area contributed by atoms with Gasteiger partial charge in [-0.2, -0.15) is 18.4 Å². The van der Waals surface area contributed by atoms with Crippen LogP contribution in [0.15, 0.2) is 18.2 Å². The summed E-state index contributed by atoms with van der Waals surface area (Å²) in [7, 11) is 0. The van der Waals surface area contributed by atoms with Crippen molar-refractivity contribution in [2.24, 2.45) is 0 Å². The molecule has 21 heavy (non-hydrogen) atoms. The quantitative estimate of drug-likeness (QED) is 0.856. The summed E-state index contributed by atoms with van der Waals surface area (Å²) in [6, 6.07) is 5.02. The van der Waals surface area contributed by atoms with E-state index in [-0.39, 0.29) is 17.9 Å². The first-order valence-electron chi connectivity index (χ1n) is 6.55. The van der Waals surface area contributed by atoms with Crippen LogP contribution in [0.2, 0.25) is 0 Å². The molecule has 1 heterocycles. The Balaban J connectivity index is 2.00. The van der Waals surface area contributed by atoms with Crippen molar-refractivity contribution in [3.05, 3.63) is 29.3 Å². The first kappa shape index (κ1) is 15.6. The molecule has 1 fully saturated rings. The van der Waals surface area contributed by atoms with Gasteiger partial charge >= 0.3 is 6.18 Å². The highest BCUT2D eigenvalue weighted by Crippen LogP contribution is 2.36. The highest BCUT2D eigenvalue weighted by atomic mass is 19.4. The molecule has 0 bridgehead atoms. The second kappa shape index (κ2) is 6.78. The highest BCUT2D eigenvalue weighted by molar-refractivity contribution is 5.43. The Morgan fingerprint density at radius 3 is 2.62 bits per heavy atom. The van der Waals surface area contributed by atoms with Gasteiger partial charge in [-0.15, -0.1) is 0 Å². The molecule has 7 heteroatoms. The van der Waals surface area contributed by atoms with Crippen molar-refractivity contribution in [1.29, 1.82) is 5.26 Å². The third-order valence-electron chi connectivity index (χ3n) is 3.18. The topological polar surface area (TPSA) is 45.5 Å². The minimum atomic E-state index is -4.54. The molecule has 0 amide bonds. The van der Waals surface area contributed by atoms with Crippen LogP contribution >= 0.6 is 0 Å². The summed E-state index contributed by atoms with van der Waals surface area (Å²) in [5.41, 5.74) is -0.952. The molecule has 0 radical (unpaired) electrons. The van der Waals surface area contributed by atoms with Crippen LogP contribution < -0.4 is 4.74 Å². The second-order valence-corrected chi connectivity index (χ2v) is 4.62. The van der Waals surface area contributed by atoms with Gasteiger partial charge in [0, 0.05) is 19.6 Å². The number of hydrogen-bond acceptors (Lipinski definition) is 4. The van der Waals surface area contributed by atoms with Crippen molar-refractivity contribution >= 4 is 0 Å². The maximum absolute atomic E-state index is 12.9. The van der Waals surface area contributed by atoms with Crippen LogP contribution in [0.1, 0.15) is 11.1 Å². The van der Waals surface area contributed by atoms with Crippen LogP contribution in [0.4, 0.5) is 13.2 Å². The van der Waals surface area contributed by atoms with Gasteiger partial charge in [0.1, 0.15) is 12.4 Å². The van der Waals surface area contributed by atoms with Gasteiger partial charge in [0.25, 0.3) is 0 Å². The number of ether oxygens (including phenoxy) is 2. The van der Waals surface area contributed by atoms with Gasteiger partial charge in [-0.25, -0.2) is 0 Å². The molecule has 114 valence electrons. The fourth-order valence-electron chi connectivity index (χ4n) is 2.06. The fourth-order valence-corrected chi connectivity index (χ4v) is 2.06. The number of rotatable bonds is 4. The number of nitriles is 1. The Bertz CT molecular complexity index is 520. The molecule has 1 aliphatic rings. The van der Waals surface area contributed by atoms with Crippen LogP contribution in [0.5, 0.6) is 5.75 Å². The number of hydrogen-bond donors (Lipinski definition) is 0. The first-order chi connectivity index (χ1) is 10.0. The highest BCUT2D eigenvalue weighted by Gasteiger charge is 2.34. The van der Waals surface area contributed by atoms with Gasteiger partial charge in [-0.3, -0.25) is 4.90 Å². The Morgan fingerprint density at radius 2 is 2.00 bits per heavy atom. The summed E-state index contributed by atoms with van der Waals surface area (Å²) in [5.74, 6) is -0.241. The predicted molar refractivity (Wildman–Crippen MR) is 68.9 cm³/mol. The molecule has 0 aliphatic carbocycles. The number of benzene rings is 1. The van der Waals surface area contributed by atoms with Crippen LogP contribution in [-0.2, 0) is 10.9 Å². The van der Waals surface area contributed by atoms with Crippen LogP contribution in [0, 0.1) is 11.3 Å². The van der Waals surface area contributed by atoms with Crippen LogP contribution in [-0.4, -0.2) is 44.4 Å². The monoisotopic (exact) mass is 300 g/mol. The molecule has 0 aromatic heterocycles. The average molecular weight is 300 g/mol. The summed E-state index contributed by atoms with van der Waals surface area (Å²) in [6.07, 6.45) is -4.54. The second-order valence-electron chi connectivity index (χ2n) is 4.62. The predicted octanol–water partition coefficient (Wildman–Crippen LogP) is 2.29. The lowest BCUT2D eigenvalue weighted by Gasteiger charge is -2.26. The third-order valence-corrected chi connectivity index (χ3v) is 3.18. The van der Waals surface area contributed by atoms with Crippen molar-refractivity contribution in [3.63, 3.8) is 0 Å². The van der Waals surface area contributed by atoms with E-state index in [2.05, 4.69) is 4.90 Å². The standard InChI is InChI=1S/C14H15F3N2O2/c15-14(16,17)12-9-11(10-18)1-2-13(12)21-8-5-19-3-6-20-7-4-19/h1-2,9H,3-8H2. The van der Waals surface area contributed by atoms with Gasteiger partial charge in [-0.05, 0) is 18.2 Å². The van der Waals surface area contributed by atoms with E-state index < -0.39 is 11.7 Å². The summed E-state index contributed by atoms with van der Waals surface area (Å²) in [5, 5.41) is 8.69. The van der Waals surface area contributed by atoms with Crippen LogP contribution in [0.25, 0.3) is 0 Å². The lowest BCUT2D eigenvalue weighted by atomic mass is 10.1. The summed E-state index contributed by atoms with van der Waals surface area (Å²) in [6.45, 7) is 3.47. The van der Waals surface area contributed by atoms with Gasteiger partial charge in [0.15, 0.2) is 0 Å². The molecule has 0 saturated carbocycles. The molecule has 4 nitrogen and oxygen atoms in total. The van der Waals surface area contributed by atoms with Gasteiger partial charge < -0.3 is 9.47 Å². The normalized spacial score (nSPS) is 16.5.